The van der Waals surface area contributed by atoms with Gasteiger partial charge in [0.05, 0.1) is 0 Å². The Morgan fingerprint density at radius 1 is 0.211 bits per heavy atom. The highest BCUT2D eigenvalue weighted by molar-refractivity contribution is 5.95. The fraction of sp³-hybridized carbons (Fsp3) is 0.211. The Kier molecular flexibility index (Phi) is 10.1. The Morgan fingerprint density at radius 3 is 0.803 bits per heavy atom. The van der Waals surface area contributed by atoms with E-state index < -0.39 is 0 Å². The normalized spacial score (nSPS) is 15.0. The first-order valence-electron chi connectivity index (χ1n) is 26.7. The molecule has 0 unspecified atom stereocenters. The van der Waals surface area contributed by atoms with Gasteiger partial charge in [0.1, 0.15) is 0 Å². The summed E-state index contributed by atoms with van der Waals surface area (Å²) in [5, 5.41) is 5.09. The van der Waals surface area contributed by atoms with Gasteiger partial charge >= 0.3 is 0 Å². The van der Waals surface area contributed by atoms with Crippen LogP contribution in [0, 0.1) is 0 Å². The molecule has 0 radical (unpaired) electrons. The average Bonchev–Trinajstić information content (AvgIpc) is 4.00. The summed E-state index contributed by atoms with van der Waals surface area (Å²) in [6.07, 6.45) is 6.43. The summed E-state index contributed by atoms with van der Waals surface area (Å²) in [4.78, 5) is 0. The van der Waals surface area contributed by atoms with Crippen LogP contribution in [-0.2, 0) is 16.2 Å². The number of benzene rings is 10. The Labute approximate surface area is 421 Å². The lowest BCUT2D eigenvalue weighted by Gasteiger charge is -2.31. The maximum atomic E-state index is 2.57. The smallest absolute Gasteiger partial charge is 0.0210 e. The highest BCUT2D eigenvalue weighted by Gasteiger charge is 2.44. The van der Waals surface area contributed by atoms with Crippen molar-refractivity contribution in [2.75, 3.05) is 0 Å². The zero-order chi connectivity index (χ0) is 48.2. The highest BCUT2D eigenvalue weighted by atomic mass is 14.5. The molecule has 0 amide bonds. The number of hydrogen-bond acceptors (Lipinski definition) is 0. The second kappa shape index (κ2) is 16.4. The number of hydrogen-bond donors (Lipinski definition) is 0. The van der Waals surface area contributed by atoms with Crippen LogP contribution >= 0.6 is 0 Å². The Balaban J connectivity index is 0.827. The van der Waals surface area contributed by atoms with Crippen LogP contribution in [0.3, 0.4) is 0 Å². The van der Waals surface area contributed by atoms with Crippen LogP contribution < -0.4 is 0 Å². The molecule has 10 aromatic carbocycles. The third kappa shape index (κ3) is 6.23. The van der Waals surface area contributed by atoms with E-state index in [0.29, 0.717) is 0 Å². The SMILES string of the molecule is CCC1(CC)c2ccccc2-c2ccc(-c3ccc4c(c3)C(CC)(CC)c3cc(-c5ccc6c(c5)C(CC)(CC)c5cc(-c7ccc8cc(-c9ccc%10ccccc%10c9)ccc8c7)ccc5-6)ccc3-4)cc21. The molecule has 13 rings (SSSR count). The van der Waals surface area contributed by atoms with Crippen LogP contribution in [0.15, 0.2) is 194 Å². The third-order valence-corrected chi connectivity index (χ3v) is 18.5. The van der Waals surface area contributed by atoms with Gasteiger partial charge in [-0.25, -0.2) is 0 Å². The van der Waals surface area contributed by atoms with Gasteiger partial charge in [0.15, 0.2) is 0 Å². The highest BCUT2D eigenvalue weighted by Crippen LogP contribution is 2.58. The van der Waals surface area contributed by atoms with E-state index in [0.717, 1.165) is 38.5 Å². The quantitative estimate of drug-likeness (QED) is 0.128. The number of fused-ring (bicyclic) bond motifs is 11. The summed E-state index contributed by atoms with van der Waals surface area (Å²) < 4.78 is 0. The van der Waals surface area contributed by atoms with Gasteiger partial charge in [-0.1, -0.05) is 187 Å². The molecular formula is C71H62. The summed E-state index contributed by atoms with van der Waals surface area (Å²) in [5.41, 5.74) is 27.6. The minimum Gasteiger partial charge on any atom is -0.0642 e. The summed E-state index contributed by atoms with van der Waals surface area (Å²) in [6, 6.07) is 75.3. The zero-order valence-corrected chi connectivity index (χ0v) is 42.2. The lowest BCUT2D eigenvalue weighted by atomic mass is 9.72. The van der Waals surface area contributed by atoms with Crippen LogP contribution in [0.25, 0.3) is 99.4 Å². The second-order valence-corrected chi connectivity index (χ2v) is 21.1. The van der Waals surface area contributed by atoms with Crippen molar-refractivity contribution < 1.29 is 0 Å². The van der Waals surface area contributed by atoms with Crippen molar-refractivity contribution in [3.63, 3.8) is 0 Å². The topological polar surface area (TPSA) is 0 Å². The fourth-order valence-corrected chi connectivity index (χ4v) is 14.4. The van der Waals surface area contributed by atoms with E-state index in [4.69, 9.17) is 0 Å². The summed E-state index contributed by atoms with van der Waals surface area (Å²) >= 11 is 0. The predicted molar refractivity (Wildman–Crippen MR) is 304 cm³/mol. The summed E-state index contributed by atoms with van der Waals surface area (Å²) in [5.74, 6) is 0. The van der Waals surface area contributed by atoms with Gasteiger partial charge in [-0.05, 0) is 220 Å². The van der Waals surface area contributed by atoms with E-state index in [1.54, 1.807) is 0 Å². The predicted octanol–water partition coefficient (Wildman–Crippen LogP) is 19.9. The molecule has 71 heavy (non-hydrogen) atoms. The molecule has 0 N–H and O–H groups in total. The maximum Gasteiger partial charge on any atom is 0.0210 e. The molecule has 0 fully saturated rings. The van der Waals surface area contributed by atoms with Gasteiger partial charge in [-0.3, -0.25) is 0 Å². The van der Waals surface area contributed by atoms with Crippen LogP contribution in [0.5, 0.6) is 0 Å². The number of rotatable bonds is 10. The molecule has 0 nitrogen and oxygen atoms in total. The molecule has 0 aliphatic heterocycles. The van der Waals surface area contributed by atoms with E-state index in [1.165, 1.54) is 133 Å². The van der Waals surface area contributed by atoms with Gasteiger partial charge in [0.25, 0.3) is 0 Å². The van der Waals surface area contributed by atoms with Gasteiger partial charge in [0, 0.05) is 16.2 Å². The van der Waals surface area contributed by atoms with Gasteiger partial charge < -0.3 is 0 Å². The van der Waals surface area contributed by atoms with E-state index in [9.17, 15) is 0 Å². The first-order valence-corrected chi connectivity index (χ1v) is 26.7. The van der Waals surface area contributed by atoms with Crippen molar-refractivity contribution in [1.29, 1.82) is 0 Å². The minimum absolute atomic E-state index is 0.0531. The first kappa shape index (κ1) is 43.7. The second-order valence-electron chi connectivity index (χ2n) is 21.1. The van der Waals surface area contributed by atoms with E-state index in [-0.39, 0.29) is 16.2 Å². The lowest BCUT2D eigenvalue weighted by Crippen LogP contribution is -2.23. The monoisotopic (exact) mass is 914 g/mol. The molecule has 0 saturated carbocycles. The summed E-state index contributed by atoms with van der Waals surface area (Å²) in [7, 11) is 0. The molecule has 3 aliphatic carbocycles. The molecule has 0 bridgehead atoms. The van der Waals surface area contributed by atoms with Gasteiger partial charge in [-0.15, -0.1) is 0 Å². The molecule has 0 aromatic heterocycles. The Hall–Kier alpha value is -7.28. The molecule has 0 heterocycles. The summed E-state index contributed by atoms with van der Waals surface area (Å²) in [6.45, 7) is 14.3. The third-order valence-electron chi connectivity index (χ3n) is 18.5. The molecule has 0 saturated heterocycles. The molecular weight excluding hydrogens is 853 g/mol. The van der Waals surface area contributed by atoms with Crippen LogP contribution in [0.2, 0.25) is 0 Å². The van der Waals surface area contributed by atoms with Crippen molar-refractivity contribution in [3.05, 3.63) is 228 Å². The van der Waals surface area contributed by atoms with E-state index in [2.05, 4.69) is 236 Å². The van der Waals surface area contributed by atoms with Crippen molar-refractivity contribution in [1.82, 2.24) is 0 Å². The Morgan fingerprint density at radius 2 is 0.451 bits per heavy atom. The van der Waals surface area contributed by atoms with Crippen molar-refractivity contribution in [2.45, 2.75) is 96.3 Å². The fourth-order valence-electron chi connectivity index (χ4n) is 14.4. The molecule has 346 valence electrons. The van der Waals surface area contributed by atoms with Crippen molar-refractivity contribution in [2.24, 2.45) is 0 Å². The molecule has 3 aliphatic rings. The first-order chi connectivity index (χ1) is 34.8. The Bertz CT molecular complexity index is 3790. The molecule has 0 spiro atoms. The molecule has 0 heteroatoms. The van der Waals surface area contributed by atoms with Crippen molar-refractivity contribution in [3.8, 4) is 77.9 Å². The molecule has 10 aromatic rings. The lowest BCUT2D eigenvalue weighted by molar-refractivity contribution is 0.490. The van der Waals surface area contributed by atoms with Crippen LogP contribution in [-0.4, -0.2) is 0 Å². The van der Waals surface area contributed by atoms with Crippen LogP contribution in [0.1, 0.15) is 113 Å². The van der Waals surface area contributed by atoms with Gasteiger partial charge in [0.2, 0.25) is 0 Å². The minimum atomic E-state index is -0.0590. The molecule has 0 atom stereocenters. The van der Waals surface area contributed by atoms with Crippen LogP contribution in [0.4, 0.5) is 0 Å². The van der Waals surface area contributed by atoms with E-state index in [1.807, 2.05) is 0 Å². The maximum absolute atomic E-state index is 2.57. The zero-order valence-electron chi connectivity index (χ0n) is 42.2. The van der Waals surface area contributed by atoms with Crippen molar-refractivity contribution >= 4 is 21.5 Å². The van der Waals surface area contributed by atoms with Gasteiger partial charge in [-0.2, -0.15) is 0 Å². The standard InChI is InChI=1S/C71H62/c1-7-69(8-2)63-20-16-15-19-57(63)58-32-28-53(41-64(58)69)54-29-34-61-62-36-31-56(44-68(62)71(11-5,12-6)67(61)42-54)55-30-35-60-59-33-27-52(40-65(59)70(9-3,10-4)66(60)43-55)51-26-25-49-38-48(23-24-50(49)39-51)47-22-21-45-17-13-14-18-46(45)37-47/h13-44H,7-12H2,1-6H3. The van der Waals surface area contributed by atoms with E-state index >= 15 is 0 Å². The largest absolute Gasteiger partial charge is 0.0642 e. The average molecular weight is 915 g/mol.